The van der Waals surface area contributed by atoms with Crippen molar-refractivity contribution >= 4 is 46.0 Å². The molecule has 1 aromatic heterocycles. The summed E-state index contributed by atoms with van der Waals surface area (Å²) < 4.78 is 0. The second-order valence-electron chi connectivity index (χ2n) is 6.86. The fourth-order valence-electron chi connectivity index (χ4n) is 2.93. The van der Waals surface area contributed by atoms with E-state index in [2.05, 4.69) is 20.9 Å². The van der Waals surface area contributed by atoms with Gasteiger partial charge in [-0.15, -0.1) is 11.3 Å². The van der Waals surface area contributed by atoms with Gasteiger partial charge in [-0.3, -0.25) is 14.4 Å². The van der Waals surface area contributed by atoms with Gasteiger partial charge >= 0.3 is 0 Å². The average Bonchev–Trinajstić information content (AvgIpc) is 3.36. The van der Waals surface area contributed by atoms with Crippen LogP contribution in [0.3, 0.4) is 0 Å². The van der Waals surface area contributed by atoms with Crippen LogP contribution in [-0.4, -0.2) is 47.8 Å². The van der Waals surface area contributed by atoms with E-state index in [0.29, 0.717) is 28.4 Å². The number of benzene rings is 2. The number of thiazole rings is 1. The van der Waals surface area contributed by atoms with Crippen LogP contribution in [0.15, 0.2) is 60.0 Å². The monoisotopic (exact) mass is 520 g/mol. The van der Waals surface area contributed by atoms with Gasteiger partial charge in [-0.05, 0) is 42.7 Å². The quantitative estimate of drug-likeness (QED) is 0.318. The lowest BCUT2D eigenvalue weighted by Gasteiger charge is -2.17. The molecule has 0 aliphatic carbocycles. The van der Waals surface area contributed by atoms with E-state index in [4.69, 9.17) is 0 Å². The Kier molecular flexibility index (Phi) is 13.4. The lowest BCUT2D eigenvalue weighted by atomic mass is 10.1. The molecule has 0 saturated heterocycles. The fourth-order valence-corrected chi connectivity index (χ4v) is 4.12. The topological polar surface area (TPSA) is 100 Å². The zero-order chi connectivity index (χ0) is 24.9. The van der Waals surface area contributed by atoms with Crippen LogP contribution in [0.4, 0.5) is 5.13 Å². The molecule has 35 heavy (non-hydrogen) atoms. The van der Waals surface area contributed by atoms with E-state index < -0.39 is 6.04 Å². The lowest BCUT2D eigenvalue weighted by Crippen LogP contribution is -2.44. The third-order valence-electron chi connectivity index (χ3n) is 4.67. The second kappa shape index (κ2) is 15.7. The van der Waals surface area contributed by atoms with Gasteiger partial charge < -0.3 is 16.0 Å². The number of anilines is 1. The molecule has 3 N–H and O–H groups in total. The largest absolute Gasteiger partial charge is 0.355 e. The van der Waals surface area contributed by atoms with Crippen LogP contribution >= 0.6 is 23.1 Å². The summed E-state index contributed by atoms with van der Waals surface area (Å²) in [6, 6.07) is 15.3. The Morgan fingerprint density at radius 2 is 1.60 bits per heavy atom. The van der Waals surface area contributed by atoms with Gasteiger partial charge in [0.2, 0.25) is 5.91 Å². The molecule has 2 aromatic carbocycles. The van der Waals surface area contributed by atoms with Gasteiger partial charge in [-0.25, -0.2) is 4.98 Å². The number of amides is 3. The van der Waals surface area contributed by atoms with Crippen molar-refractivity contribution < 1.29 is 18.7 Å². The van der Waals surface area contributed by atoms with Crippen molar-refractivity contribution in [2.45, 2.75) is 33.7 Å². The minimum Gasteiger partial charge on any atom is -0.355 e. The number of thioether (sulfide) groups is 1. The van der Waals surface area contributed by atoms with E-state index >= 15 is 0 Å². The molecule has 0 saturated carbocycles. The van der Waals surface area contributed by atoms with Crippen molar-refractivity contribution in [3.8, 4) is 11.3 Å². The molecule has 194 valence electrons. The van der Waals surface area contributed by atoms with E-state index in [1.165, 1.54) is 11.3 Å². The van der Waals surface area contributed by atoms with Crippen LogP contribution in [0.25, 0.3) is 11.3 Å². The Bertz CT molecular complexity index is 1080. The van der Waals surface area contributed by atoms with Crippen LogP contribution in [0, 0.1) is 0 Å². The lowest BCUT2D eigenvalue weighted by molar-refractivity contribution is -0.118. The number of hydrogen-bond acceptors (Lipinski definition) is 6. The molecule has 3 aromatic rings. The highest BCUT2D eigenvalue weighted by atomic mass is 32.2. The van der Waals surface area contributed by atoms with Crippen LogP contribution in [0.1, 0.15) is 52.7 Å². The van der Waals surface area contributed by atoms with Crippen molar-refractivity contribution in [3.63, 3.8) is 0 Å². The van der Waals surface area contributed by atoms with Crippen LogP contribution in [0.2, 0.25) is 0 Å². The van der Waals surface area contributed by atoms with E-state index in [-0.39, 0.29) is 29.4 Å². The second-order valence-corrected chi connectivity index (χ2v) is 8.70. The number of hydrogen-bond donors (Lipinski definition) is 3. The molecular weight excluding hydrogens is 480 g/mol. The first-order valence-corrected chi connectivity index (χ1v) is 13.2. The van der Waals surface area contributed by atoms with Crippen LogP contribution in [0.5, 0.6) is 0 Å². The van der Waals surface area contributed by atoms with Gasteiger partial charge in [0.05, 0.1) is 5.69 Å². The highest BCUT2D eigenvalue weighted by Gasteiger charge is 2.22. The summed E-state index contributed by atoms with van der Waals surface area (Å²) in [7, 11) is 1.54. The molecule has 3 amide bonds. The maximum Gasteiger partial charge on any atom is 0.251 e. The molecular formula is C26H40N4O3S2. The predicted octanol–water partition coefficient (Wildman–Crippen LogP) is 6.06. The van der Waals surface area contributed by atoms with Gasteiger partial charge in [-0.1, -0.05) is 51.6 Å². The Morgan fingerprint density at radius 3 is 2.17 bits per heavy atom. The molecule has 0 unspecified atom stereocenters. The zero-order valence-corrected chi connectivity index (χ0v) is 21.4. The maximum atomic E-state index is 12.9. The minimum atomic E-state index is -0.711. The third-order valence-corrected chi connectivity index (χ3v) is 6.07. The van der Waals surface area contributed by atoms with Crippen LogP contribution in [-0.2, 0) is 4.79 Å². The van der Waals surface area contributed by atoms with Gasteiger partial charge in [0, 0.05) is 33.4 Å². The highest BCUT2D eigenvalue weighted by Crippen LogP contribution is 2.24. The first-order valence-electron chi connectivity index (χ1n) is 11.0. The van der Waals surface area contributed by atoms with Crippen molar-refractivity contribution in [3.05, 3.63) is 71.1 Å². The normalized spacial score (nSPS) is 10.6. The SMILES string of the molecule is C.CC.CNC(=O)c1ccc(C(=O)N[C@@H](CCSC)C(=O)Nc2nc(-c3ccccc3)cs2)cc1.[HH].[HH].[HH]. The highest BCUT2D eigenvalue weighted by molar-refractivity contribution is 7.98. The predicted molar refractivity (Wildman–Crippen MR) is 155 cm³/mol. The molecule has 9 heteroatoms. The van der Waals surface area contributed by atoms with Gasteiger partial charge in [-0.2, -0.15) is 11.8 Å². The smallest absolute Gasteiger partial charge is 0.251 e. The Hall–Kier alpha value is -3.17. The molecule has 3 rings (SSSR count). The van der Waals surface area contributed by atoms with Crippen molar-refractivity contribution in [1.82, 2.24) is 15.6 Å². The standard InChI is InChI=1S/C23H24N4O3S2.C2H6.CH4.3H2/c1-24-20(28)16-8-10-17(11-9-16)21(29)25-18(12-13-31-2)22(30)27-23-26-19(14-32-23)15-6-4-3-5-7-15;1-2;;;;/h3-11,14,18H,12-13H2,1-2H3,(H,24,28)(H,25,29)(H,26,27,30);1-2H3;1H4;3*1H/t18-;;;;;/m0...../s1. The van der Waals surface area contributed by atoms with Crippen molar-refractivity contribution in [2.24, 2.45) is 0 Å². The summed E-state index contributed by atoms with van der Waals surface area (Å²) >= 11 is 2.93. The number of carbonyl (C=O) groups is 3. The molecule has 0 fully saturated rings. The first kappa shape index (κ1) is 29.9. The van der Waals surface area contributed by atoms with E-state index in [0.717, 1.165) is 11.3 Å². The Labute approximate surface area is 220 Å². The summed E-state index contributed by atoms with van der Waals surface area (Å²) in [6.07, 6.45) is 2.42. The van der Waals surface area contributed by atoms with Crippen LogP contribution < -0.4 is 16.0 Å². The van der Waals surface area contributed by atoms with E-state index in [1.807, 2.05) is 55.8 Å². The fraction of sp³-hybridized carbons (Fsp3) is 0.308. The zero-order valence-electron chi connectivity index (χ0n) is 19.8. The van der Waals surface area contributed by atoms with Crippen molar-refractivity contribution in [2.75, 3.05) is 24.4 Å². The molecule has 7 nitrogen and oxygen atoms in total. The number of nitrogens with one attached hydrogen (secondary N) is 3. The number of nitrogens with zero attached hydrogens (tertiary/aromatic N) is 1. The number of carbonyl (C=O) groups excluding carboxylic acids is 3. The van der Waals surface area contributed by atoms with E-state index in [9.17, 15) is 14.4 Å². The molecule has 1 heterocycles. The maximum absolute atomic E-state index is 12.9. The summed E-state index contributed by atoms with van der Waals surface area (Å²) in [4.78, 5) is 41.8. The Morgan fingerprint density at radius 1 is 1.00 bits per heavy atom. The molecule has 0 aliphatic heterocycles. The van der Waals surface area contributed by atoms with Gasteiger partial charge in [0.25, 0.3) is 11.8 Å². The number of aromatic nitrogens is 1. The van der Waals surface area contributed by atoms with Gasteiger partial charge in [0.15, 0.2) is 5.13 Å². The molecule has 0 aliphatic rings. The third kappa shape index (κ3) is 8.84. The molecule has 0 bridgehead atoms. The number of rotatable bonds is 9. The minimum absolute atomic E-state index is 0. The summed E-state index contributed by atoms with van der Waals surface area (Å²) in [6.45, 7) is 4.00. The molecule has 0 radical (unpaired) electrons. The summed E-state index contributed by atoms with van der Waals surface area (Å²) in [5.74, 6) is -0.212. The summed E-state index contributed by atoms with van der Waals surface area (Å²) in [5, 5.41) is 10.5. The Balaban J connectivity index is -0.00000199. The first-order chi connectivity index (χ1) is 16.5. The molecule has 1 atom stereocenters. The van der Waals surface area contributed by atoms with Crippen molar-refractivity contribution in [1.29, 1.82) is 0 Å². The van der Waals surface area contributed by atoms with E-state index in [1.54, 1.807) is 43.1 Å². The molecule has 0 spiro atoms. The average molecular weight is 521 g/mol. The van der Waals surface area contributed by atoms with Gasteiger partial charge in [0.1, 0.15) is 6.04 Å². The summed E-state index contributed by atoms with van der Waals surface area (Å²) in [5.41, 5.74) is 2.59.